The van der Waals surface area contributed by atoms with Gasteiger partial charge in [0.15, 0.2) is 6.29 Å². The van der Waals surface area contributed by atoms with Crippen LogP contribution < -0.4 is 16.0 Å². The van der Waals surface area contributed by atoms with Crippen molar-refractivity contribution in [2.24, 2.45) is 34.5 Å². The second kappa shape index (κ2) is 20.3. The van der Waals surface area contributed by atoms with Crippen LogP contribution in [0.25, 0.3) is 0 Å². The van der Waals surface area contributed by atoms with E-state index in [0.29, 0.717) is 29.8 Å². The first-order chi connectivity index (χ1) is 27.8. The largest absolute Gasteiger partial charge is 0.378 e. The van der Waals surface area contributed by atoms with Gasteiger partial charge in [-0.1, -0.05) is 102 Å². The van der Waals surface area contributed by atoms with Gasteiger partial charge < -0.3 is 34.9 Å². The summed E-state index contributed by atoms with van der Waals surface area (Å²) < 4.78 is 29.2. The lowest BCUT2D eigenvalue weighted by molar-refractivity contribution is -0.275. The predicted octanol–water partition coefficient (Wildman–Crippen LogP) is 13.2. The predicted molar refractivity (Wildman–Crippen MR) is 259 cm³/mol. The van der Waals surface area contributed by atoms with Gasteiger partial charge in [0.25, 0.3) is 0 Å². The number of hydrogen-bond donors (Lipinski definition) is 3. The summed E-state index contributed by atoms with van der Waals surface area (Å²) in [6.07, 6.45) is 16.4. The monoisotopic (exact) mass is 860 g/mol. The van der Waals surface area contributed by atoms with Gasteiger partial charge in [-0.3, -0.25) is 0 Å². The molecule has 3 heterocycles. The molecule has 1 aliphatic carbocycles. The third kappa shape index (κ3) is 15.1. The van der Waals surface area contributed by atoms with Gasteiger partial charge in [-0.2, -0.15) is 0 Å². The van der Waals surface area contributed by atoms with E-state index in [1.807, 2.05) is 0 Å². The van der Waals surface area contributed by atoms with E-state index in [2.05, 4.69) is 154 Å². The molecule has 0 amide bonds. The summed E-state index contributed by atoms with van der Waals surface area (Å²) in [5.74, 6) is 2.14. The minimum Gasteiger partial charge on any atom is -0.378 e. The van der Waals surface area contributed by atoms with Crippen LogP contribution in [0.15, 0.2) is 0 Å². The van der Waals surface area contributed by atoms with Crippen molar-refractivity contribution in [3.05, 3.63) is 0 Å². The number of hydrogen-bond acceptors (Lipinski definition) is 7. The first-order valence-electron chi connectivity index (χ1n) is 25.8. The smallest absolute Gasteiger partial charge is 0.184 e. The summed E-state index contributed by atoms with van der Waals surface area (Å²) in [7, 11) is 0. The molecule has 3 saturated heterocycles. The fourth-order valence-electron chi connectivity index (χ4n) is 12.7. The summed E-state index contributed by atoms with van der Waals surface area (Å²) in [5, 5.41) is 12.0. The van der Waals surface area contributed by atoms with Crippen LogP contribution in [-0.2, 0) is 18.9 Å². The minimum absolute atomic E-state index is 0.0192. The number of ether oxygens (including phenoxy) is 4. The van der Waals surface area contributed by atoms with Crippen molar-refractivity contribution >= 4 is 0 Å². The molecule has 7 heteroatoms. The lowest BCUT2D eigenvalue weighted by Crippen LogP contribution is -2.64. The van der Waals surface area contributed by atoms with E-state index in [0.717, 1.165) is 77.2 Å². The van der Waals surface area contributed by atoms with Crippen LogP contribution >= 0.6 is 0 Å². The molecule has 7 nitrogen and oxygen atoms in total. The zero-order valence-electron chi connectivity index (χ0n) is 44.2. The molecule has 3 N–H and O–H groups in total. The standard InChI is InChI=1S/C54H105N3O4/c1-37(2)51(17)32-42(28-47(9,10)36-51)59-45(26-24-22-21-23-25-27-58-41-29-48(11,12)55-52(18,33-41)38(3)4)46(60-43-30-49(13,14)56-53(19,34-43)39(5)6)61-44-31-50(15,16)57-54(20,35-44)40(7)8/h37-46,55-57H,21-36H2,1-20H3. The Morgan fingerprint density at radius 1 is 0.426 bits per heavy atom. The highest BCUT2D eigenvalue weighted by Crippen LogP contribution is 2.51. The van der Waals surface area contributed by atoms with Crippen LogP contribution in [0.1, 0.15) is 235 Å². The number of unbranched alkanes of at least 4 members (excludes halogenated alkanes) is 4. The van der Waals surface area contributed by atoms with Crippen molar-refractivity contribution in [1.29, 1.82) is 0 Å². The first-order valence-corrected chi connectivity index (χ1v) is 25.8. The second-order valence-electron chi connectivity index (χ2n) is 26.8. The molecule has 0 bridgehead atoms. The molecule has 360 valence electrons. The molecule has 4 fully saturated rings. The Morgan fingerprint density at radius 3 is 1.26 bits per heavy atom. The van der Waals surface area contributed by atoms with Gasteiger partial charge in [-0.15, -0.1) is 0 Å². The van der Waals surface area contributed by atoms with Crippen LogP contribution in [0.2, 0.25) is 0 Å². The van der Waals surface area contributed by atoms with E-state index in [1.165, 1.54) is 25.7 Å². The van der Waals surface area contributed by atoms with Crippen molar-refractivity contribution in [3.8, 4) is 0 Å². The molecule has 0 aromatic heterocycles. The Balaban J connectivity index is 1.54. The minimum atomic E-state index is -0.417. The Kier molecular flexibility index (Phi) is 17.7. The Morgan fingerprint density at radius 2 is 0.820 bits per heavy atom. The molecule has 61 heavy (non-hydrogen) atoms. The average molecular weight is 860 g/mol. The topological polar surface area (TPSA) is 73.0 Å². The third-order valence-corrected chi connectivity index (χ3v) is 16.9. The van der Waals surface area contributed by atoms with Crippen LogP contribution in [0.3, 0.4) is 0 Å². The summed E-state index contributed by atoms with van der Waals surface area (Å²) in [5.41, 5.74) is 0.567. The summed E-state index contributed by atoms with van der Waals surface area (Å²) in [6, 6.07) is 0. The molecule has 4 aliphatic rings. The van der Waals surface area contributed by atoms with E-state index in [-0.39, 0.29) is 68.5 Å². The molecule has 9 atom stereocenters. The lowest BCUT2D eigenvalue weighted by Gasteiger charge is -2.53. The second-order valence-corrected chi connectivity index (χ2v) is 26.8. The van der Waals surface area contributed by atoms with E-state index in [4.69, 9.17) is 18.9 Å². The quantitative estimate of drug-likeness (QED) is 0.0832. The fraction of sp³-hybridized carbons (Fsp3) is 1.00. The van der Waals surface area contributed by atoms with E-state index in [9.17, 15) is 0 Å². The molecule has 9 unspecified atom stereocenters. The van der Waals surface area contributed by atoms with Crippen LogP contribution in [-0.4, -0.2) is 76.7 Å². The molecule has 3 aliphatic heterocycles. The Labute approximate surface area is 379 Å². The Hall–Kier alpha value is -0.280. The van der Waals surface area contributed by atoms with Crippen molar-refractivity contribution in [1.82, 2.24) is 16.0 Å². The van der Waals surface area contributed by atoms with Gasteiger partial charge >= 0.3 is 0 Å². The van der Waals surface area contributed by atoms with Gasteiger partial charge in [0.05, 0.1) is 24.4 Å². The Bertz CT molecular complexity index is 1310. The summed E-state index contributed by atoms with van der Waals surface area (Å²) >= 11 is 0. The molecular formula is C54H105N3O4. The van der Waals surface area contributed by atoms with Crippen molar-refractivity contribution < 1.29 is 18.9 Å². The molecule has 0 radical (unpaired) electrons. The third-order valence-electron chi connectivity index (χ3n) is 16.9. The highest BCUT2D eigenvalue weighted by Gasteiger charge is 2.49. The van der Waals surface area contributed by atoms with Gasteiger partial charge in [0.2, 0.25) is 0 Å². The van der Waals surface area contributed by atoms with E-state index < -0.39 is 6.29 Å². The van der Waals surface area contributed by atoms with E-state index in [1.54, 1.807) is 0 Å². The summed E-state index contributed by atoms with van der Waals surface area (Å²) in [6.45, 7) is 48.5. The van der Waals surface area contributed by atoms with Gasteiger partial charge in [-0.05, 0) is 167 Å². The zero-order chi connectivity index (χ0) is 46.0. The average Bonchev–Trinajstić information content (AvgIpc) is 3.05. The molecule has 0 aromatic carbocycles. The lowest BCUT2D eigenvalue weighted by atomic mass is 9.59. The number of piperidine rings is 3. The van der Waals surface area contributed by atoms with Crippen molar-refractivity contribution in [2.45, 2.75) is 305 Å². The molecular weight excluding hydrogens is 755 g/mol. The maximum Gasteiger partial charge on any atom is 0.184 e. The summed E-state index contributed by atoms with van der Waals surface area (Å²) in [4.78, 5) is 0. The van der Waals surface area contributed by atoms with Crippen LogP contribution in [0.4, 0.5) is 0 Å². The normalized spacial score (nSPS) is 37.4. The number of rotatable bonds is 20. The van der Waals surface area contributed by atoms with Crippen molar-refractivity contribution in [2.75, 3.05) is 6.61 Å². The maximum absolute atomic E-state index is 7.58. The van der Waals surface area contributed by atoms with Gasteiger partial charge in [-0.25, -0.2) is 0 Å². The molecule has 0 spiro atoms. The van der Waals surface area contributed by atoms with Crippen LogP contribution in [0, 0.1) is 34.5 Å². The molecule has 1 saturated carbocycles. The highest BCUT2D eigenvalue weighted by atomic mass is 16.7. The first kappa shape index (κ1) is 53.3. The fourth-order valence-corrected chi connectivity index (χ4v) is 12.7. The maximum atomic E-state index is 7.58. The van der Waals surface area contributed by atoms with Crippen LogP contribution in [0.5, 0.6) is 0 Å². The zero-order valence-corrected chi connectivity index (χ0v) is 44.2. The van der Waals surface area contributed by atoms with Gasteiger partial charge in [0, 0.05) is 39.8 Å². The van der Waals surface area contributed by atoms with Crippen molar-refractivity contribution in [3.63, 3.8) is 0 Å². The van der Waals surface area contributed by atoms with Gasteiger partial charge in [0.1, 0.15) is 6.10 Å². The highest BCUT2D eigenvalue weighted by molar-refractivity contribution is 5.05. The SMILES string of the molecule is CC(C)C1(C)CC(OC(CCCCCCCOC2CC(C)(C)NC(C)(C(C)C)C2)C(OC2CC(C)(C)NC(C)(C(C)C)C2)OC2CC(C)(C)NC(C)(C(C)C)C2)CC(C)(C)C1. The van der Waals surface area contributed by atoms with E-state index >= 15 is 0 Å². The number of nitrogens with one attached hydrogen (secondary N) is 3. The molecule has 0 aromatic rings. The molecule has 4 rings (SSSR count).